The molecule has 1 amide bonds. The number of nitrogens with zero attached hydrogens (tertiary/aromatic N) is 3. The molecule has 2 aromatic carbocycles. The van der Waals surface area contributed by atoms with Crippen LogP contribution in [0.15, 0.2) is 47.3 Å². The summed E-state index contributed by atoms with van der Waals surface area (Å²) in [6.07, 6.45) is -4.53. The lowest BCUT2D eigenvalue weighted by Crippen LogP contribution is -2.34. The van der Waals surface area contributed by atoms with Crippen molar-refractivity contribution in [3.63, 3.8) is 0 Å². The van der Waals surface area contributed by atoms with Gasteiger partial charge in [0.05, 0.1) is 22.9 Å². The van der Waals surface area contributed by atoms with Crippen LogP contribution in [0, 0.1) is 0 Å². The van der Waals surface area contributed by atoms with Crippen LogP contribution in [0.25, 0.3) is 17.1 Å². The first-order valence-electron chi connectivity index (χ1n) is 9.20. The molecule has 1 heterocycles. The summed E-state index contributed by atoms with van der Waals surface area (Å²) < 4.78 is 45.7. The summed E-state index contributed by atoms with van der Waals surface area (Å²) in [4.78, 5) is 25.2. The van der Waals surface area contributed by atoms with Crippen LogP contribution in [-0.4, -0.2) is 40.5 Å². The average molecular weight is 489 g/mol. The number of hydrogen-bond acceptors (Lipinski definition) is 4. The minimum absolute atomic E-state index is 0.0427. The highest BCUT2D eigenvalue weighted by molar-refractivity contribution is 6.36. The molecule has 1 N–H and O–H groups in total. The summed E-state index contributed by atoms with van der Waals surface area (Å²) in [7, 11) is 1.48. The van der Waals surface area contributed by atoms with Crippen LogP contribution >= 0.6 is 23.2 Å². The van der Waals surface area contributed by atoms with Crippen LogP contribution in [0.1, 0.15) is 5.56 Å². The van der Waals surface area contributed by atoms with Gasteiger partial charge in [0.2, 0.25) is 5.91 Å². The molecule has 0 spiro atoms. The van der Waals surface area contributed by atoms with E-state index in [0.717, 1.165) is 33.5 Å². The summed E-state index contributed by atoms with van der Waals surface area (Å²) in [5.41, 5.74) is -1.17. The van der Waals surface area contributed by atoms with E-state index in [4.69, 9.17) is 27.9 Å². The number of methoxy groups -OCH3 is 1. The van der Waals surface area contributed by atoms with E-state index in [9.17, 15) is 22.8 Å². The van der Waals surface area contributed by atoms with Gasteiger partial charge in [0.15, 0.2) is 5.82 Å². The van der Waals surface area contributed by atoms with Gasteiger partial charge in [-0.25, -0.2) is 14.0 Å². The molecule has 0 fully saturated rings. The topological polar surface area (TPSA) is 78.2 Å². The molecule has 0 aliphatic carbocycles. The van der Waals surface area contributed by atoms with Gasteiger partial charge in [-0.3, -0.25) is 4.79 Å². The van der Waals surface area contributed by atoms with Crippen molar-refractivity contribution in [1.82, 2.24) is 19.7 Å². The highest BCUT2D eigenvalue weighted by Crippen LogP contribution is 2.32. The van der Waals surface area contributed by atoms with E-state index in [1.807, 2.05) is 0 Å². The number of amides is 1. The number of hydrogen-bond donors (Lipinski definition) is 1. The molecule has 0 aliphatic rings. The highest BCUT2D eigenvalue weighted by atomic mass is 35.5. The zero-order valence-electron chi connectivity index (χ0n) is 16.6. The first-order chi connectivity index (χ1) is 15.1. The number of rotatable bonds is 7. The number of alkyl halides is 3. The Labute approximate surface area is 190 Å². The Kier molecular flexibility index (Phi) is 7.27. The average Bonchev–Trinajstić information content (AvgIpc) is 3.03. The predicted octanol–water partition coefficient (Wildman–Crippen LogP) is 3.79. The first kappa shape index (κ1) is 23.8. The lowest BCUT2D eigenvalue weighted by Gasteiger charge is -2.10. The molecule has 0 bridgehead atoms. The van der Waals surface area contributed by atoms with Crippen molar-refractivity contribution >= 4 is 29.1 Å². The summed E-state index contributed by atoms with van der Waals surface area (Å²) >= 11 is 12.2. The lowest BCUT2D eigenvalue weighted by molar-refractivity contribution is -0.137. The van der Waals surface area contributed by atoms with Gasteiger partial charge in [0, 0.05) is 24.2 Å². The van der Waals surface area contributed by atoms with Crippen LogP contribution < -0.4 is 11.0 Å². The standard InChI is InChI=1S/C20H17Cl2F3N4O3/c1-32-9-8-26-17(30)11-28-19(31)29(14-5-2-12(3-6-14)20(23,24)25)18(27-28)15-7-4-13(21)10-16(15)22/h2-7,10H,8-9,11H2,1H3,(H,26,30). The van der Waals surface area contributed by atoms with Crippen LogP contribution in [0.5, 0.6) is 0 Å². The van der Waals surface area contributed by atoms with Crippen LogP contribution in [-0.2, 0) is 22.3 Å². The fraction of sp³-hybridized carbons (Fsp3) is 0.250. The van der Waals surface area contributed by atoms with Gasteiger partial charge in [-0.2, -0.15) is 13.2 Å². The molecule has 0 radical (unpaired) electrons. The van der Waals surface area contributed by atoms with Crippen molar-refractivity contribution in [3.05, 3.63) is 68.6 Å². The monoisotopic (exact) mass is 488 g/mol. The number of aromatic nitrogens is 3. The van der Waals surface area contributed by atoms with Gasteiger partial charge in [-0.15, -0.1) is 5.10 Å². The second-order valence-corrected chi connectivity index (χ2v) is 7.45. The molecule has 3 aromatic rings. The molecular formula is C20H17Cl2F3N4O3. The third-order valence-electron chi connectivity index (χ3n) is 4.39. The Morgan fingerprint density at radius 3 is 2.44 bits per heavy atom. The quantitative estimate of drug-likeness (QED) is 0.513. The van der Waals surface area contributed by atoms with Crippen molar-refractivity contribution < 1.29 is 22.7 Å². The Morgan fingerprint density at radius 2 is 1.84 bits per heavy atom. The molecule has 32 heavy (non-hydrogen) atoms. The molecule has 0 saturated heterocycles. The van der Waals surface area contributed by atoms with E-state index < -0.39 is 29.9 Å². The fourth-order valence-corrected chi connectivity index (χ4v) is 3.37. The molecule has 3 rings (SSSR count). The van der Waals surface area contributed by atoms with Crippen LogP contribution in [0.2, 0.25) is 10.0 Å². The molecular weight excluding hydrogens is 472 g/mol. The smallest absolute Gasteiger partial charge is 0.383 e. The van der Waals surface area contributed by atoms with Gasteiger partial charge in [-0.1, -0.05) is 23.2 Å². The molecule has 0 atom stereocenters. The molecule has 7 nitrogen and oxygen atoms in total. The zero-order valence-corrected chi connectivity index (χ0v) is 18.1. The summed E-state index contributed by atoms with van der Waals surface area (Å²) in [6, 6.07) is 8.48. The predicted molar refractivity (Wildman–Crippen MR) is 113 cm³/mol. The van der Waals surface area contributed by atoms with E-state index in [2.05, 4.69) is 10.4 Å². The molecule has 12 heteroatoms. The van der Waals surface area contributed by atoms with Crippen molar-refractivity contribution in [2.75, 3.05) is 20.3 Å². The number of halogens is 5. The normalized spacial score (nSPS) is 11.6. The SMILES string of the molecule is COCCNC(=O)Cn1nc(-c2ccc(Cl)cc2Cl)n(-c2ccc(C(F)(F)F)cc2)c1=O. The lowest BCUT2D eigenvalue weighted by atomic mass is 10.1. The number of nitrogens with one attached hydrogen (secondary N) is 1. The Morgan fingerprint density at radius 1 is 1.16 bits per heavy atom. The third-order valence-corrected chi connectivity index (χ3v) is 4.93. The van der Waals surface area contributed by atoms with Gasteiger partial charge in [0.25, 0.3) is 0 Å². The maximum absolute atomic E-state index is 13.1. The molecule has 1 aromatic heterocycles. The second-order valence-electron chi connectivity index (χ2n) is 6.61. The summed E-state index contributed by atoms with van der Waals surface area (Å²) in [5, 5.41) is 7.30. The van der Waals surface area contributed by atoms with Crippen LogP contribution in [0.4, 0.5) is 13.2 Å². The Bertz CT molecular complexity index is 1170. The molecule has 0 unspecified atom stereocenters. The van der Waals surface area contributed by atoms with Gasteiger partial charge in [0.1, 0.15) is 6.54 Å². The van der Waals surface area contributed by atoms with E-state index in [0.29, 0.717) is 10.6 Å². The minimum atomic E-state index is -4.53. The first-order valence-corrected chi connectivity index (χ1v) is 9.96. The summed E-state index contributed by atoms with van der Waals surface area (Å²) in [6.45, 7) is 0.111. The number of ether oxygens (including phenoxy) is 1. The van der Waals surface area contributed by atoms with E-state index in [-0.39, 0.29) is 29.7 Å². The van der Waals surface area contributed by atoms with E-state index >= 15 is 0 Å². The fourth-order valence-electron chi connectivity index (χ4n) is 2.87. The number of benzene rings is 2. The van der Waals surface area contributed by atoms with Crippen molar-refractivity contribution in [2.24, 2.45) is 0 Å². The molecule has 0 aliphatic heterocycles. The van der Waals surface area contributed by atoms with E-state index in [1.165, 1.54) is 25.3 Å². The maximum Gasteiger partial charge on any atom is 0.416 e. The third kappa shape index (κ3) is 5.32. The Balaban J connectivity index is 2.08. The highest BCUT2D eigenvalue weighted by Gasteiger charge is 2.30. The van der Waals surface area contributed by atoms with Gasteiger partial charge >= 0.3 is 11.9 Å². The van der Waals surface area contributed by atoms with Crippen molar-refractivity contribution in [2.45, 2.75) is 12.7 Å². The zero-order chi connectivity index (χ0) is 23.5. The van der Waals surface area contributed by atoms with Crippen molar-refractivity contribution in [3.8, 4) is 17.1 Å². The Hall–Kier alpha value is -2.82. The largest absolute Gasteiger partial charge is 0.416 e. The van der Waals surface area contributed by atoms with Crippen molar-refractivity contribution in [1.29, 1.82) is 0 Å². The van der Waals surface area contributed by atoms with Gasteiger partial charge in [-0.05, 0) is 42.5 Å². The van der Waals surface area contributed by atoms with Gasteiger partial charge < -0.3 is 10.1 Å². The van der Waals surface area contributed by atoms with Crippen LogP contribution in [0.3, 0.4) is 0 Å². The second kappa shape index (κ2) is 9.76. The summed E-state index contributed by atoms with van der Waals surface area (Å²) in [5.74, 6) is -0.448. The number of carbonyl (C=O) groups is 1. The minimum Gasteiger partial charge on any atom is -0.383 e. The number of carbonyl (C=O) groups excluding carboxylic acids is 1. The van der Waals surface area contributed by atoms with E-state index in [1.54, 1.807) is 0 Å². The maximum atomic E-state index is 13.1. The molecule has 0 saturated carbocycles. The molecule has 170 valence electrons.